The number of anilines is 1. The smallest absolute Gasteiger partial charge is 0.406 e. The van der Waals surface area contributed by atoms with Gasteiger partial charge in [0.15, 0.2) is 5.13 Å². The summed E-state index contributed by atoms with van der Waals surface area (Å²) in [6.45, 7) is 3.66. The standard InChI is InChI=1S/C20H15F3N4O3S2/c1-10-14(11(2)30-27-10)9-31-18-13(4-3-7-24-18)17(28)26-19-25-15-6-5-12(8-16(15)32-19)29-20(21,22)23/h3-8H,9H2,1-2H3,(H,25,26,28). The Bertz CT molecular complexity index is 1270. The van der Waals surface area contributed by atoms with Gasteiger partial charge in [-0.2, -0.15) is 0 Å². The number of fused-ring (bicyclic) bond motifs is 1. The molecule has 1 N–H and O–H groups in total. The van der Waals surface area contributed by atoms with Crippen LogP contribution in [0.25, 0.3) is 10.2 Å². The number of pyridine rings is 1. The molecule has 0 aliphatic rings. The maximum Gasteiger partial charge on any atom is 0.573 e. The third-order valence-corrected chi connectivity index (χ3v) is 6.33. The van der Waals surface area contributed by atoms with Gasteiger partial charge in [0.25, 0.3) is 5.91 Å². The van der Waals surface area contributed by atoms with Crippen molar-refractivity contribution in [1.82, 2.24) is 15.1 Å². The number of nitrogens with zero attached hydrogens (tertiary/aromatic N) is 3. The average molecular weight is 480 g/mol. The Labute approximate surface area is 188 Å². The molecule has 7 nitrogen and oxygen atoms in total. The molecule has 0 radical (unpaired) electrons. The van der Waals surface area contributed by atoms with E-state index in [2.05, 4.69) is 25.2 Å². The van der Waals surface area contributed by atoms with Crippen LogP contribution in [0.1, 0.15) is 27.4 Å². The van der Waals surface area contributed by atoms with Crippen LogP contribution in [0.15, 0.2) is 46.1 Å². The molecule has 0 fully saturated rings. The number of alkyl halides is 3. The van der Waals surface area contributed by atoms with Gasteiger partial charge < -0.3 is 9.26 Å². The first kappa shape index (κ1) is 22.1. The lowest BCUT2D eigenvalue weighted by molar-refractivity contribution is -0.274. The predicted octanol–water partition coefficient (Wildman–Crippen LogP) is 5.74. The zero-order valence-electron chi connectivity index (χ0n) is 16.7. The van der Waals surface area contributed by atoms with Crippen molar-refractivity contribution in [2.45, 2.75) is 31.0 Å². The number of benzene rings is 1. The fourth-order valence-corrected chi connectivity index (χ4v) is 4.88. The fourth-order valence-electron chi connectivity index (χ4n) is 2.85. The van der Waals surface area contributed by atoms with Crippen LogP contribution < -0.4 is 10.1 Å². The van der Waals surface area contributed by atoms with Gasteiger partial charge in [0.05, 0.1) is 21.5 Å². The number of thioether (sulfide) groups is 1. The van der Waals surface area contributed by atoms with Crippen LogP contribution >= 0.6 is 23.1 Å². The van der Waals surface area contributed by atoms with E-state index in [1.54, 1.807) is 18.3 Å². The number of amides is 1. The lowest BCUT2D eigenvalue weighted by Gasteiger charge is -2.07. The average Bonchev–Trinajstić information content (AvgIpc) is 3.27. The highest BCUT2D eigenvalue weighted by Crippen LogP contribution is 2.32. The van der Waals surface area contributed by atoms with Crippen molar-refractivity contribution >= 4 is 44.4 Å². The topological polar surface area (TPSA) is 90.1 Å². The summed E-state index contributed by atoms with van der Waals surface area (Å²) in [5, 5.41) is 7.39. The lowest BCUT2D eigenvalue weighted by Crippen LogP contribution is -2.16. The SMILES string of the molecule is Cc1noc(C)c1CSc1ncccc1C(=O)Nc1nc2ccc(OC(F)(F)F)cc2s1. The van der Waals surface area contributed by atoms with Gasteiger partial charge in [-0.1, -0.05) is 16.5 Å². The number of rotatable bonds is 6. The van der Waals surface area contributed by atoms with Gasteiger partial charge >= 0.3 is 6.36 Å². The number of thiazole rings is 1. The predicted molar refractivity (Wildman–Crippen MR) is 114 cm³/mol. The number of aryl methyl sites for hydroxylation is 2. The minimum Gasteiger partial charge on any atom is -0.406 e. The van der Waals surface area contributed by atoms with E-state index >= 15 is 0 Å². The van der Waals surface area contributed by atoms with Crippen molar-refractivity contribution in [3.63, 3.8) is 0 Å². The molecule has 0 saturated carbocycles. The molecule has 0 aliphatic carbocycles. The molecule has 0 saturated heterocycles. The minimum atomic E-state index is -4.78. The first-order chi connectivity index (χ1) is 15.2. The molecule has 32 heavy (non-hydrogen) atoms. The van der Waals surface area contributed by atoms with Crippen molar-refractivity contribution in [2.75, 3.05) is 5.32 Å². The van der Waals surface area contributed by atoms with Crippen LogP contribution in [0.5, 0.6) is 5.75 Å². The van der Waals surface area contributed by atoms with E-state index in [0.717, 1.165) is 22.6 Å². The molecule has 4 aromatic rings. The summed E-state index contributed by atoms with van der Waals surface area (Å²) in [4.78, 5) is 21.4. The van der Waals surface area contributed by atoms with Crippen molar-refractivity contribution < 1.29 is 27.2 Å². The molecule has 1 aromatic carbocycles. The Morgan fingerprint density at radius 2 is 2.09 bits per heavy atom. The molecule has 3 heterocycles. The largest absolute Gasteiger partial charge is 0.573 e. The molecule has 3 aromatic heterocycles. The summed E-state index contributed by atoms with van der Waals surface area (Å²) in [5.74, 6) is 0.462. The zero-order chi connectivity index (χ0) is 22.9. The number of carbonyl (C=O) groups is 1. The first-order valence-electron chi connectivity index (χ1n) is 9.17. The van der Waals surface area contributed by atoms with E-state index in [9.17, 15) is 18.0 Å². The normalized spacial score (nSPS) is 11.7. The van der Waals surface area contributed by atoms with Gasteiger partial charge in [-0.05, 0) is 38.1 Å². The van der Waals surface area contributed by atoms with Gasteiger partial charge in [0.2, 0.25) is 0 Å². The highest BCUT2D eigenvalue weighted by molar-refractivity contribution is 7.98. The van der Waals surface area contributed by atoms with E-state index < -0.39 is 12.3 Å². The monoisotopic (exact) mass is 480 g/mol. The summed E-state index contributed by atoms with van der Waals surface area (Å²) in [5.41, 5.74) is 2.51. The van der Waals surface area contributed by atoms with Gasteiger partial charge in [-0.3, -0.25) is 10.1 Å². The van der Waals surface area contributed by atoms with Crippen molar-refractivity contribution in [1.29, 1.82) is 0 Å². The highest BCUT2D eigenvalue weighted by atomic mass is 32.2. The third-order valence-electron chi connectivity index (χ3n) is 4.36. The fraction of sp³-hybridized carbons (Fsp3) is 0.200. The van der Waals surface area contributed by atoms with Crippen LogP contribution in [0.4, 0.5) is 18.3 Å². The molecule has 0 unspecified atom stereocenters. The van der Waals surface area contributed by atoms with Crippen LogP contribution in [-0.2, 0) is 5.75 Å². The summed E-state index contributed by atoms with van der Waals surface area (Å²) in [7, 11) is 0. The molecular formula is C20H15F3N4O3S2. The van der Waals surface area contributed by atoms with E-state index in [4.69, 9.17) is 4.52 Å². The van der Waals surface area contributed by atoms with Crippen molar-refractivity contribution in [3.05, 3.63) is 59.1 Å². The Kier molecular flexibility index (Phi) is 6.07. The van der Waals surface area contributed by atoms with Crippen LogP contribution in [0.3, 0.4) is 0 Å². The number of ether oxygens (including phenoxy) is 1. The van der Waals surface area contributed by atoms with Gasteiger partial charge in [-0.25, -0.2) is 9.97 Å². The third kappa shape index (κ3) is 5.02. The maximum absolute atomic E-state index is 12.9. The van der Waals surface area contributed by atoms with Crippen molar-refractivity contribution in [2.24, 2.45) is 0 Å². The Balaban J connectivity index is 1.51. The Morgan fingerprint density at radius 1 is 1.28 bits per heavy atom. The van der Waals surface area contributed by atoms with Gasteiger partial charge in [0.1, 0.15) is 16.5 Å². The van der Waals surface area contributed by atoms with Gasteiger partial charge in [0, 0.05) is 23.6 Å². The first-order valence-corrected chi connectivity index (χ1v) is 11.0. The van der Waals surface area contributed by atoms with Crippen LogP contribution in [0.2, 0.25) is 0 Å². The zero-order valence-corrected chi connectivity index (χ0v) is 18.3. The van der Waals surface area contributed by atoms with E-state index in [0.29, 0.717) is 32.3 Å². The molecule has 0 atom stereocenters. The second kappa shape index (κ2) is 8.79. The molecule has 166 valence electrons. The Hall–Kier alpha value is -3.12. The number of carbonyl (C=O) groups excluding carboxylic acids is 1. The number of aromatic nitrogens is 3. The molecule has 12 heteroatoms. The molecule has 0 bridgehead atoms. The maximum atomic E-state index is 12.9. The number of hydrogen-bond donors (Lipinski definition) is 1. The molecule has 0 spiro atoms. The van der Waals surface area contributed by atoms with Crippen LogP contribution in [0, 0.1) is 13.8 Å². The van der Waals surface area contributed by atoms with E-state index in [1.165, 1.54) is 30.0 Å². The van der Waals surface area contributed by atoms with E-state index in [1.807, 2.05) is 13.8 Å². The second-order valence-corrected chi connectivity index (χ2v) is 8.59. The van der Waals surface area contributed by atoms with Crippen LogP contribution in [-0.4, -0.2) is 27.4 Å². The number of nitrogens with one attached hydrogen (secondary N) is 1. The number of hydrogen-bond acceptors (Lipinski definition) is 8. The summed E-state index contributed by atoms with van der Waals surface area (Å²) >= 11 is 2.42. The van der Waals surface area contributed by atoms with E-state index in [-0.39, 0.29) is 10.9 Å². The highest BCUT2D eigenvalue weighted by Gasteiger charge is 2.31. The second-order valence-electron chi connectivity index (χ2n) is 6.60. The summed E-state index contributed by atoms with van der Waals surface area (Å²) in [6.07, 6.45) is -3.19. The quantitative estimate of drug-likeness (QED) is 0.352. The molecule has 0 aliphatic heterocycles. The summed E-state index contributed by atoms with van der Waals surface area (Å²) < 4.78 is 46.8. The molecule has 4 rings (SSSR count). The Morgan fingerprint density at radius 3 is 2.81 bits per heavy atom. The number of halogens is 3. The minimum absolute atomic E-state index is 0.250. The molecular weight excluding hydrogens is 465 g/mol. The lowest BCUT2D eigenvalue weighted by atomic mass is 10.2. The van der Waals surface area contributed by atoms with Gasteiger partial charge in [-0.15, -0.1) is 24.9 Å². The van der Waals surface area contributed by atoms with Crippen molar-refractivity contribution in [3.8, 4) is 5.75 Å². The molecule has 1 amide bonds. The summed E-state index contributed by atoms with van der Waals surface area (Å²) in [6, 6.07) is 7.09.